The fourth-order valence-corrected chi connectivity index (χ4v) is 3.30. The van der Waals surface area contributed by atoms with Crippen LogP contribution < -0.4 is 5.32 Å². The SMILES string of the molecule is CC(=C/c1ccccc1)/C=C1\SC(=Nc2cccc(C(F)(F)F)c2)NC1=O. The number of carbonyl (C=O) groups is 1. The molecule has 1 heterocycles. The average Bonchev–Trinajstić information content (AvgIpc) is 2.94. The summed E-state index contributed by atoms with van der Waals surface area (Å²) in [5.74, 6) is -0.327. The van der Waals surface area contributed by atoms with E-state index in [1.807, 2.05) is 43.3 Å². The Labute approximate surface area is 158 Å². The van der Waals surface area contributed by atoms with Crippen LogP contribution in [0.4, 0.5) is 18.9 Å². The van der Waals surface area contributed by atoms with E-state index in [-0.39, 0.29) is 16.8 Å². The van der Waals surface area contributed by atoms with E-state index in [1.165, 1.54) is 12.1 Å². The van der Waals surface area contributed by atoms with Crippen LogP contribution >= 0.6 is 11.8 Å². The Morgan fingerprint density at radius 2 is 1.85 bits per heavy atom. The number of halogens is 3. The topological polar surface area (TPSA) is 41.5 Å². The molecule has 7 heteroatoms. The van der Waals surface area contributed by atoms with Gasteiger partial charge < -0.3 is 5.32 Å². The number of nitrogens with zero attached hydrogens (tertiary/aromatic N) is 1. The fourth-order valence-electron chi connectivity index (χ4n) is 2.41. The van der Waals surface area contributed by atoms with Gasteiger partial charge in [-0.3, -0.25) is 4.79 Å². The van der Waals surface area contributed by atoms with E-state index in [0.717, 1.165) is 35.0 Å². The number of amidine groups is 1. The predicted octanol–water partition coefficient (Wildman–Crippen LogP) is 5.54. The third kappa shape index (κ3) is 5.10. The van der Waals surface area contributed by atoms with Crippen LogP contribution in [0.1, 0.15) is 18.1 Å². The summed E-state index contributed by atoms with van der Waals surface area (Å²) >= 11 is 1.09. The van der Waals surface area contributed by atoms with Gasteiger partial charge in [-0.1, -0.05) is 42.5 Å². The highest BCUT2D eigenvalue weighted by Crippen LogP contribution is 2.33. The van der Waals surface area contributed by atoms with Crippen molar-refractivity contribution in [2.45, 2.75) is 13.1 Å². The van der Waals surface area contributed by atoms with Crippen molar-refractivity contribution in [3.05, 3.63) is 82.3 Å². The Morgan fingerprint density at radius 1 is 1.11 bits per heavy atom. The number of amides is 1. The van der Waals surface area contributed by atoms with Crippen LogP contribution in [0.3, 0.4) is 0 Å². The van der Waals surface area contributed by atoms with Gasteiger partial charge in [-0.25, -0.2) is 4.99 Å². The summed E-state index contributed by atoms with van der Waals surface area (Å²) in [6, 6.07) is 14.3. The quantitative estimate of drug-likeness (QED) is 0.701. The van der Waals surface area contributed by atoms with Gasteiger partial charge in [0.25, 0.3) is 5.91 Å². The van der Waals surface area contributed by atoms with Gasteiger partial charge in [-0.15, -0.1) is 0 Å². The lowest BCUT2D eigenvalue weighted by molar-refractivity contribution is -0.137. The molecular formula is C20H15F3N2OS. The molecule has 27 heavy (non-hydrogen) atoms. The molecule has 1 amide bonds. The zero-order valence-electron chi connectivity index (χ0n) is 14.2. The monoisotopic (exact) mass is 388 g/mol. The lowest BCUT2D eigenvalue weighted by Crippen LogP contribution is -2.19. The van der Waals surface area contributed by atoms with Gasteiger partial charge in [0, 0.05) is 0 Å². The Bertz CT molecular complexity index is 947. The van der Waals surface area contributed by atoms with Gasteiger partial charge in [0.2, 0.25) is 0 Å². The van der Waals surface area contributed by atoms with Gasteiger partial charge in [-0.2, -0.15) is 13.2 Å². The van der Waals surface area contributed by atoms with Crippen LogP contribution in [0.2, 0.25) is 0 Å². The molecule has 1 N–H and O–H groups in total. The highest BCUT2D eigenvalue weighted by Gasteiger charge is 2.30. The molecule has 0 spiro atoms. The lowest BCUT2D eigenvalue weighted by Gasteiger charge is -2.06. The van der Waals surface area contributed by atoms with E-state index in [0.29, 0.717) is 4.91 Å². The number of hydrogen-bond acceptors (Lipinski definition) is 3. The highest BCUT2D eigenvalue weighted by molar-refractivity contribution is 8.18. The van der Waals surface area contributed by atoms with Crippen molar-refractivity contribution in [2.24, 2.45) is 4.99 Å². The van der Waals surface area contributed by atoms with Crippen molar-refractivity contribution in [3.8, 4) is 0 Å². The Hall–Kier alpha value is -2.80. The molecule has 1 aliphatic heterocycles. The molecule has 0 radical (unpaired) electrons. The number of thioether (sulfide) groups is 1. The third-order valence-electron chi connectivity index (χ3n) is 3.61. The van der Waals surface area contributed by atoms with Crippen molar-refractivity contribution >= 4 is 34.6 Å². The zero-order chi connectivity index (χ0) is 19.4. The normalized spacial score (nSPS) is 18.2. The number of aliphatic imine (C=N–C) groups is 1. The van der Waals surface area contributed by atoms with Crippen LogP contribution in [0.15, 0.2) is 76.1 Å². The van der Waals surface area contributed by atoms with E-state index >= 15 is 0 Å². The van der Waals surface area contributed by atoms with Crippen molar-refractivity contribution in [2.75, 3.05) is 0 Å². The maximum Gasteiger partial charge on any atom is 0.416 e. The number of nitrogens with one attached hydrogen (secondary N) is 1. The number of rotatable bonds is 3. The van der Waals surface area contributed by atoms with Gasteiger partial charge in [0.1, 0.15) is 0 Å². The number of hydrogen-bond donors (Lipinski definition) is 1. The molecule has 0 saturated carbocycles. The van der Waals surface area contributed by atoms with E-state index in [2.05, 4.69) is 10.3 Å². The minimum absolute atomic E-state index is 0.130. The lowest BCUT2D eigenvalue weighted by atomic mass is 10.1. The first kappa shape index (κ1) is 19.0. The Kier molecular flexibility index (Phi) is 5.51. The number of benzene rings is 2. The summed E-state index contributed by atoms with van der Waals surface area (Å²) in [6.07, 6.45) is -0.781. The van der Waals surface area contributed by atoms with Crippen LogP contribution in [0.25, 0.3) is 6.08 Å². The largest absolute Gasteiger partial charge is 0.416 e. The van der Waals surface area contributed by atoms with E-state index in [1.54, 1.807) is 6.08 Å². The molecule has 1 fully saturated rings. The van der Waals surface area contributed by atoms with Crippen molar-refractivity contribution in [1.29, 1.82) is 0 Å². The van der Waals surface area contributed by atoms with Crippen LogP contribution in [0.5, 0.6) is 0 Å². The molecule has 0 atom stereocenters. The second kappa shape index (κ2) is 7.84. The van der Waals surface area contributed by atoms with Crippen molar-refractivity contribution < 1.29 is 18.0 Å². The first-order valence-electron chi connectivity index (χ1n) is 8.01. The third-order valence-corrected chi connectivity index (χ3v) is 4.52. The van der Waals surface area contributed by atoms with E-state index < -0.39 is 11.7 Å². The fraction of sp³-hybridized carbons (Fsp3) is 0.100. The number of allylic oxidation sites excluding steroid dienone is 2. The summed E-state index contributed by atoms with van der Waals surface area (Å²) in [6.45, 7) is 1.87. The van der Waals surface area contributed by atoms with E-state index in [4.69, 9.17) is 0 Å². The first-order valence-corrected chi connectivity index (χ1v) is 8.83. The molecular weight excluding hydrogens is 373 g/mol. The van der Waals surface area contributed by atoms with Crippen LogP contribution in [-0.4, -0.2) is 11.1 Å². The summed E-state index contributed by atoms with van der Waals surface area (Å²) in [5.41, 5.74) is 1.23. The molecule has 138 valence electrons. The second-order valence-corrected chi connectivity index (χ2v) is 6.86. The standard InChI is InChI=1S/C20H15F3N2OS/c1-13(10-14-6-3-2-4-7-14)11-17-18(26)25-19(27-17)24-16-9-5-8-15(12-16)20(21,22)23/h2-12H,1H3,(H,24,25,26)/b13-10-,17-11-. The molecule has 0 unspecified atom stereocenters. The summed E-state index contributed by atoms with van der Waals surface area (Å²) in [4.78, 5) is 16.6. The van der Waals surface area contributed by atoms with Gasteiger partial charge in [-0.05, 0) is 54.1 Å². The molecule has 1 aliphatic rings. The summed E-state index contributed by atoms with van der Waals surface area (Å²) < 4.78 is 38.4. The highest BCUT2D eigenvalue weighted by atomic mass is 32.2. The molecule has 0 aliphatic carbocycles. The summed E-state index contributed by atoms with van der Waals surface area (Å²) in [5, 5.41) is 2.83. The molecule has 0 bridgehead atoms. The average molecular weight is 388 g/mol. The molecule has 2 aromatic rings. The van der Waals surface area contributed by atoms with Crippen LogP contribution in [-0.2, 0) is 11.0 Å². The van der Waals surface area contributed by atoms with E-state index in [9.17, 15) is 18.0 Å². The molecule has 2 aromatic carbocycles. The number of carbonyl (C=O) groups excluding carboxylic acids is 1. The Morgan fingerprint density at radius 3 is 2.56 bits per heavy atom. The predicted molar refractivity (Wildman–Crippen MR) is 102 cm³/mol. The molecule has 0 aromatic heterocycles. The second-order valence-electron chi connectivity index (χ2n) is 5.83. The maximum atomic E-state index is 12.8. The minimum atomic E-state index is -4.44. The van der Waals surface area contributed by atoms with Crippen molar-refractivity contribution in [3.63, 3.8) is 0 Å². The van der Waals surface area contributed by atoms with Gasteiger partial charge >= 0.3 is 6.18 Å². The van der Waals surface area contributed by atoms with Crippen molar-refractivity contribution in [1.82, 2.24) is 5.32 Å². The smallest absolute Gasteiger partial charge is 0.300 e. The zero-order valence-corrected chi connectivity index (χ0v) is 15.1. The van der Waals surface area contributed by atoms with Crippen LogP contribution in [0, 0.1) is 0 Å². The minimum Gasteiger partial charge on any atom is -0.300 e. The first-order chi connectivity index (χ1) is 12.8. The summed E-state index contributed by atoms with van der Waals surface area (Å²) in [7, 11) is 0. The molecule has 1 saturated heterocycles. The number of alkyl halides is 3. The maximum absolute atomic E-state index is 12.8. The van der Waals surface area contributed by atoms with Gasteiger partial charge in [0.15, 0.2) is 5.17 Å². The van der Waals surface area contributed by atoms with Gasteiger partial charge in [0.05, 0.1) is 16.2 Å². The molecule has 3 nitrogen and oxygen atoms in total. The molecule has 3 rings (SSSR count). The Balaban J connectivity index is 1.79.